The van der Waals surface area contributed by atoms with Gasteiger partial charge in [0.05, 0.1) is 7.11 Å². The van der Waals surface area contributed by atoms with E-state index in [0.717, 1.165) is 22.4 Å². The zero-order valence-corrected chi connectivity index (χ0v) is 9.79. The molecule has 0 atom stereocenters. The fraction of sp³-hybridized carbons (Fsp3) is 0.0714. The van der Waals surface area contributed by atoms with Gasteiger partial charge in [0.15, 0.2) is 0 Å². The van der Waals surface area contributed by atoms with Gasteiger partial charge in [-0.25, -0.2) is 0 Å². The van der Waals surface area contributed by atoms with E-state index >= 15 is 0 Å². The van der Waals surface area contributed by atoms with Crippen LogP contribution in [-0.4, -0.2) is 7.11 Å². The summed E-state index contributed by atoms with van der Waals surface area (Å²) in [5, 5.41) is 0.698. The summed E-state index contributed by atoms with van der Waals surface area (Å²) in [6.45, 7) is 3.99. The van der Waals surface area contributed by atoms with E-state index < -0.39 is 0 Å². The number of para-hydroxylation sites is 1. The number of methoxy groups -OCH3 is 1. The van der Waals surface area contributed by atoms with Gasteiger partial charge in [0.1, 0.15) is 5.75 Å². The summed E-state index contributed by atoms with van der Waals surface area (Å²) in [4.78, 5) is 0. The molecule has 16 heavy (non-hydrogen) atoms. The highest BCUT2D eigenvalue weighted by molar-refractivity contribution is 6.30. The van der Waals surface area contributed by atoms with Gasteiger partial charge >= 0.3 is 0 Å². The maximum atomic E-state index is 5.91. The lowest BCUT2D eigenvalue weighted by Crippen LogP contribution is -1.89. The molecular formula is C14H12ClO. The second-order valence-electron chi connectivity index (χ2n) is 3.50. The first kappa shape index (κ1) is 11.0. The molecule has 0 fully saturated rings. The number of halogens is 1. The van der Waals surface area contributed by atoms with Gasteiger partial charge in [-0.1, -0.05) is 35.9 Å². The minimum Gasteiger partial charge on any atom is -0.496 e. The summed E-state index contributed by atoms with van der Waals surface area (Å²) < 4.78 is 5.32. The van der Waals surface area contributed by atoms with Gasteiger partial charge in [0, 0.05) is 10.6 Å². The zero-order valence-electron chi connectivity index (χ0n) is 9.03. The van der Waals surface area contributed by atoms with E-state index in [4.69, 9.17) is 16.3 Å². The smallest absolute Gasteiger partial charge is 0.126 e. The molecule has 0 bridgehead atoms. The van der Waals surface area contributed by atoms with Crippen LogP contribution in [0.15, 0.2) is 42.5 Å². The van der Waals surface area contributed by atoms with E-state index in [1.165, 1.54) is 0 Å². The van der Waals surface area contributed by atoms with Crippen molar-refractivity contribution in [3.8, 4) is 16.9 Å². The van der Waals surface area contributed by atoms with Crippen LogP contribution < -0.4 is 4.74 Å². The molecule has 0 unspecified atom stereocenters. The summed E-state index contributed by atoms with van der Waals surface area (Å²) in [6, 6.07) is 13.5. The van der Waals surface area contributed by atoms with Crippen LogP contribution in [0.2, 0.25) is 5.02 Å². The summed E-state index contributed by atoms with van der Waals surface area (Å²) >= 11 is 5.91. The molecule has 81 valence electrons. The molecule has 0 aliphatic heterocycles. The van der Waals surface area contributed by atoms with E-state index in [1.807, 2.05) is 42.5 Å². The molecule has 1 nitrogen and oxygen atoms in total. The first-order valence-electron chi connectivity index (χ1n) is 4.97. The zero-order chi connectivity index (χ0) is 11.5. The normalized spacial score (nSPS) is 10.2. The van der Waals surface area contributed by atoms with Crippen LogP contribution in [0.25, 0.3) is 11.1 Å². The minimum absolute atomic E-state index is 0.698. The van der Waals surface area contributed by atoms with Gasteiger partial charge in [-0.15, -0.1) is 0 Å². The maximum Gasteiger partial charge on any atom is 0.126 e. The van der Waals surface area contributed by atoms with Gasteiger partial charge in [-0.2, -0.15) is 0 Å². The molecule has 0 aliphatic rings. The molecule has 1 radical (unpaired) electrons. The van der Waals surface area contributed by atoms with Crippen LogP contribution in [0.5, 0.6) is 5.75 Å². The monoisotopic (exact) mass is 231 g/mol. The predicted molar refractivity (Wildman–Crippen MR) is 67.9 cm³/mol. The molecule has 0 saturated carbocycles. The summed E-state index contributed by atoms with van der Waals surface area (Å²) in [7, 11) is 1.66. The fourth-order valence-corrected chi connectivity index (χ4v) is 1.89. The van der Waals surface area contributed by atoms with E-state index in [0.29, 0.717) is 5.02 Å². The topological polar surface area (TPSA) is 9.23 Å². The standard InChI is InChI=1S/C14H12ClO/c1-10-9-11(15)7-8-12(10)13-5-3-4-6-14(13)16-2/h3-9H,1H2,2H3. The number of benzene rings is 2. The lowest BCUT2D eigenvalue weighted by atomic mass is 10.00. The van der Waals surface area contributed by atoms with Crippen molar-refractivity contribution in [1.82, 2.24) is 0 Å². The van der Waals surface area contributed by atoms with Crippen molar-refractivity contribution in [2.75, 3.05) is 7.11 Å². The highest BCUT2D eigenvalue weighted by Crippen LogP contribution is 2.32. The molecule has 2 aromatic rings. The number of rotatable bonds is 2. The van der Waals surface area contributed by atoms with Crippen LogP contribution in [0.4, 0.5) is 0 Å². The van der Waals surface area contributed by atoms with Crippen molar-refractivity contribution in [1.29, 1.82) is 0 Å². The highest BCUT2D eigenvalue weighted by atomic mass is 35.5. The van der Waals surface area contributed by atoms with Crippen molar-refractivity contribution in [3.63, 3.8) is 0 Å². The second-order valence-corrected chi connectivity index (χ2v) is 3.94. The Morgan fingerprint density at radius 2 is 1.81 bits per heavy atom. The SMILES string of the molecule is [CH2]c1cc(Cl)ccc1-c1ccccc1OC. The van der Waals surface area contributed by atoms with Crippen molar-refractivity contribution in [2.24, 2.45) is 0 Å². The van der Waals surface area contributed by atoms with Gasteiger partial charge in [0.25, 0.3) is 0 Å². The first-order chi connectivity index (χ1) is 7.72. The lowest BCUT2D eigenvalue weighted by molar-refractivity contribution is 0.416. The molecule has 2 aromatic carbocycles. The van der Waals surface area contributed by atoms with Crippen LogP contribution in [0.1, 0.15) is 5.56 Å². The highest BCUT2D eigenvalue weighted by Gasteiger charge is 2.07. The van der Waals surface area contributed by atoms with Gasteiger partial charge in [0.2, 0.25) is 0 Å². The number of ether oxygens (including phenoxy) is 1. The van der Waals surface area contributed by atoms with Crippen molar-refractivity contribution >= 4 is 11.6 Å². The molecule has 0 amide bonds. The van der Waals surface area contributed by atoms with Crippen LogP contribution in [0, 0.1) is 6.92 Å². The van der Waals surface area contributed by atoms with Crippen molar-refractivity contribution in [2.45, 2.75) is 0 Å². The molecule has 0 heterocycles. The third-order valence-electron chi connectivity index (χ3n) is 2.46. The van der Waals surface area contributed by atoms with Crippen molar-refractivity contribution < 1.29 is 4.74 Å². The lowest BCUT2D eigenvalue weighted by Gasteiger charge is -2.10. The molecule has 0 saturated heterocycles. The molecule has 0 spiro atoms. The molecule has 2 rings (SSSR count). The Morgan fingerprint density at radius 1 is 1.06 bits per heavy atom. The van der Waals surface area contributed by atoms with Gasteiger partial charge in [-0.3, -0.25) is 0 Å². The van der Waals surface area contributed by atoms with E-state index in [2.05, 4.69) is 6.92 Å². The average molecular weight is 232 g/mol. The quantitative estimate of drug-likeness (QED) is 0.753. The molecule has 0 N–H and O–H groups in total. The number of hydrogen-bond donors (Lipinski definition) is 0. The fourth-order valence-electron chi connectivity index (χ4n) is 1.69. The minimum atomic E-state index is 0.698. The largest absolute Gasteiger partial charge is 0.496 e. The Bertz CT molecular complexity index is 506. The van der Waals surface area contributed by atoms with E-state index in [1.54, 1.807) is 7.11 Å². The van der Waals surface area contributed by atoms with Gasteiger partial charge < -0.3 is 4.74 Å². The van der Waals surface area contributed by atoms with Crippen LogP contribution >= 0.6 is 11.6 Å². The first-order valence-corrected chi connectivity index (χ1v) is 5.35. The Morgan fingerprint density at radius 3 is 2.50 bits per heavy atom. The summed E-state index contributed by atoms with van der Waals surface area (Å²) in [6.07, 6.45) is 0. The average Bonchev–Trinajstić information content (AvgIpc) is 2.29. The third kappa shape index (κ3) is 2.05. The Hall–Kier alpha value is -1.47. The van der Waals surface area contributed by atoms with Crippen molar-refractivity contribution in [3.05, 3.63) is 60.0 Å². The van der Waals surface area contributed by atoms with E-state index in [-0.39, 0.29) is 0 Å². The summed E-state index contributed by atoms with van der Waals surface area (Å²) in [5.41, 5.74) is 2.98. The Labute approximate surface area is 101 Å². The number of hydrogen-bond acceptors (Lipinski definition) is 1. The van der Waals surface area contributed by atoms with Gasteiger partial charge in [-0.05, 0) is 36.2 Å². The Kier molecular flexibility index (Phi) is 3.16. The predicted octanol–water partition coefficient (Wildman–Crippen LogP) is 4.20. The molecule has 0 aliphatic carbocycles. The molecular weight excluding hydrogens is 220 g/mol. The van der Waals surface area contributed by atoms with E-state index in [9.17, 15) is 0 Å². The summed E-state index contributed by atoms with van der Waals surface area (Å²) in [5.74, 6) is 0.842. The van der Waals surface area contributed by atoms with Crippen LogP contribution in [-0.2, 0) is 0 Å². The molecule has 2 heteroatoms. The Balaban J connectivity index is 2.58. The molecule has 0 aromatic heterocycles. The maximum absolute atomic E-state index is 5.91. The third-order valence-corrected chi connectivity index (χ3v) is 2.70. The van der Waals surface area contributed by atoms with Crippen LogP contribution in [0.3, 0.4) is 0 Å². The second kappa shape index (κ2) is 4.58.